The molecule has 2 aromatic rings. The lowest BCUT2D eigenvalue weighted by molar-refractivity contribution is 0.0697. The van der Waals surface area contributed by atoms with Crippen LogP contribution in [0.5, 0.6) is 0 Å². The van der Waals surface area contributed by atoms with Gasteiger partial charge in [0, 0.05) is 18.9 Å². The molecule has 0 saturated heterocycles. The second kappa shape index (κ2) is 4.14. The van der Waals surface area contributed by atoms with Crippen LogP contribution < -0.4 is 0 Å². The van der Waals surface area contributed by atoms with Crippen molar-refractivity contribution < 1.29 is 9.90 Å². The molecule has 1 N–H and O–H groups in total. The van der Waals surface area contributed by atoms with Crippen LogP contribution in [0.15, 0.2) is 30.6 Å². The summed E-state index contributed by atoms with van der Waals surface area (Å²) >= 11 is 0. The van der Waals surface area contributed by atoms with Gasteiger partial charge >= 0.3 is 5.97 Å². The molecule has 0 unspecified atom stereocenters. The number of carbonyl (C=O) groups is 1. The number of aromatic nitrogens is 3. The zero-order chi connectivity index (χ0) is 11.5. The van der Waals surface area contributed by atoms with Crippen LogP contribution in [0.3, 0.4) is 0 Å². The van der Waals surface area contributed by atoms with Crippen LogP contribution in [0.2, 0.25) is 0 Å². The highest BCUT2D eigenvalue weighted by atomic mass is 16.4. The van der Waals surface area contributed by atoms with Gasteiger partial charge in [-0.25, -0.2) is 4.79 Å². The number of hydrogen-bond acceptors (Lipinski definition) is 3. The molecule has 2 rings (SSSR count). The van der Waals surface area contributed by atoms with E-state index in [0.29, 0.717) is 17.9 Å². The van der Waals surface area contributed by atoms with Gasteiger partial charge in [-0.3, -0.25) is 9.67 Å². The second-order valence-electron chi connectivity index (χ2n) is 3.27. The van der Waals surface area contributed by atoms with E-state index in [1.54, 1.807) is 29.1 Å². The van der Waals surface area contributed by atoms with Gasteiger partial charge in [0.1, 0.15) is 11.3 Å². The van der Waals surface area contributed by atoms with Crippen molar-refractivity contribution in [3.8, 4) is 11.4 Å². The first-order valence-corrected chi connectivity index (χ1v) is 4.94. The smallest absolute Gasteiger partial charge is 0.339 e. The van der Waals surface area contributed by atoms with Gasteiger partial charge < -0.3 is 5.11 Å². The summed E-state index contributed by atoms with van der Waals surface area (Å²) in [5.74, 6) is -0.986. The minimum absolute atomic E-state index is 0.181. The fraction of sp³-hybridized carbons (Fsp3) is 0.182. The van der Waals surface area contributed by atoms with E-state index in [0.717, 1.165) is 0 Å². The molecule has 82 valence electrons. The van der Waals surface area contributed by atoms with Gasteiger partial charge in [-0.2, -0.15) is 5.10 Å². The zero-order valence-electron chi connectivity index (χ0n) is 8.79. The molecule has 5 nitrogen and oxygen atoms in total. The Labute approximate surface area is 92.4 Å². The largest absolute Gasteiger partial charge is 0.478 e. The Hall–Kier alpha value is -2.17. The molecule has 0 spiro atoms. The molecule has 0 aliphatic rings. The van der Waals surface area contributed by atoms with Gasteiger partial charge in [-0.05, 0) is 19.1 Å². The van der Waals surface area contributed by atoms with Crippen molar-refractivity contribution in [2.75, 3.05) is 0 Å². The molecule has 2 heterocycles. The zero-order valence-corrected chi connectivity index (χ0v) is 8.79. The quantitative estimate of drug-likeness (QED) is 0.849. The number of aryl methyl sites for hydroxylation is 1. The summed E-state index contributed by atoms with van der Waals surface area (Å²) < 4.78 is 1.59. The van der Waals surface area contributed by atoms with Crippen molar-refractivity contribution >= 4 is 5.97 Å². The Morgan fingerprint density at radius 1 is 1.50 bits per heavy atom. The number of hydrogen-bond donors (Lipinski definition) is 1. The van der Waals surface area contributed by atoms with Crippen LogP contribution in [0, 0.1) is 0 Å². The molecule has 0 aliphatic carbocycles. The van der Waals surface area contributed by atoms with E-state index in [9.17, 15) is 4.79 Å². The van der Waals surface area contributed by atoms with Gasteiger partial charge in [-0.15, -0.1) is 0 Å². The SMILES string of the molecule is CCn1cc(C(=O)O)c(-c2ccccn2)n1. The molecule has 0 aromatic carbocycles. The monoisotopic (exact) mass is 217 g/mol. The van der Waals surface area contributed by atoms with E-state index in [-0.39, 0.29) is 5.56 Å². The predicted octanol–water partition coefficient (Wildman–Crippen LogP) is 1.66. The van der Waals surface area contributed by atoms with Crippen molar-refractivity contribution in [3.63, 3.8) is 0 Å². The van der Waals surface area contributed by atoms with Crippen molar-refractivity contribution in [1.82, 2.24) is 14.8 Å². The van der Waals surface area contributed by atoms with E-state index in [2.05, 4.69) is 10.1 Å². The van der Waals surface area contributed by atoms with E-state index < -0.39 is 5.97 Å². The average molecular weight is 217 g/mol. The maximum atomic E-state index is 11.0. The van der Waals surface area contributed by atoms with Gasteiger partial charge in [0.25, 0.3) is 0 Å². The molecule has 0 aliphatic heterocycles. The minimum atomic E-state index is -0.986. The van der Waals surface area contributed by atoms with Crippen LogP contribution in [0.4, 0.5) is 0 Å². The molecular formula is C11H11N3O2. The van der Waals surface area contributed by atoms with E-state index in [1.165, 1.54) is 6.20 Å². The molecule has 0 fully saturated rings. The van der Waals surface area contributed by atoms with Gasteiger partial charge in [0.15, 0.2) is 0 Å². The molecule has 16 heavy (non-hydrogen) atoms. The Balaban J connectivity index is 2.55. The molecule has 0 atom stereocenters. The summed E-state index contributed by atoms with van der Waals surface area (Å²) in [6.07, 6.45) is 3.14. The topological polar surface area (TPSA) is 68.0 Å². The first-order valence-electron chi connectivity index (χ1n) is 4.94. The maximum absolute atomic E-state index is 11.0. The standard InChI is InChI=1S/C11H11N3O2/c1-2-14-7-8(11(15)16)10(13-14)9-5-3-4-6-12-9/h3-7H,2H2,1H3,(H,15,16). The molecular weight excluding hydrogens is 206 g/mol. The number of carboxylic acid groups (broad SMARTS) is 1. The average Bonchev–Trinajstić information content (AvgIpc) is 2.74. The normalized spacial score (nSPS) is 10.3. The first-order chi connectivity index (χ1) is 7.72. The lowest BCUT2D eigenvalue weighted by atomic mass is 10.2. The maximum Gasteiger partial charge on any atom is 0.339 e. The number of nitrogens with zero attached hydrogens (tertiary/aromatic N) is 3. The van der Waals surface area contributed by atoms with E-state index in [4.69, 9.17) is 5.11 Å². The predicted molar refractivity (Wildman–Crippen MR) is 58.1 cm³/mol. The highest BCUT2D eigenvalue weighted by Gasteiger charge is 2.17. The molecule has 5 heteroatoms. The molecule has 0 radical (unpaired) electrons. The number of rotatable bonds is 3. The summed E-state index contributed by atoms with van der Waals surface area (Å²) in [6, 6.07) is 5.33. The van der Waals surface area contributed by atoms with Gasteiger partial charge in [0.2, 0.25) is 0 Å². The Kier molecular flexibility index (Phi) is 2.68. The molecule has 0 saturated carbocycles. The Bertz CT molecular complexity index is 505. The third kappa shape index (κ3) is 1.79. The number of aromatic carboxylic acids is 1. The van der Waals surface area contributed by atoms with Crippen molar-refractivity contribution in [1.29, 1.82) is 0 Å². The summed E-state index contributed by atoms with van der Waals surface area (Å²) in [5.41, 5.74) is 1.17. The molecule has 2 aromatic heterocycles. The summed E-state index contributed by atoms with van der Waals surface area (Å²) in [4.78, 5) is 15.1. The Morgan fingerprint density at radius 3 is 2.88 bits per heavy atom. The lowest BCUT2D eigenvalue weighted by Gasteiger charge is -1.96. The third-order valence-electron chi connectivity index (χ3n) is 2.22. The fourth-order valence-corrected chi connectivity index (χ4v) is 1.43. The summed E-state index contributed by atoms with van der Waals surface area (Å²) in [7, 11) is 0. The van der Waals surface area contributed by atoms with Crippen molar-refractivity contribution in [2.45, 2.75) is 13.5 Å². The number of carboxylic acids is 1. The van der Waals surface area contributed by atoms with Crippen LogP contribution in [-0.4, -0.2) is 25.8 Å². The fourth-order valence-electron chi connectivity index (χ4n) is 1.43. The molecule has 0 amide bonds. The first kappa shape index (κ1) is 10.4. The second-order valence-corrected chi connectivity index (χ2v) is 3.27. The van der Waals surface area contributed by atoms with Gasteiger partial charge in [0.05, 0.1) is 5.69 Å². The highest BCUT2D eigenvalue weighted by molar-refractivity contribution is 5.94. The minimum Gasteiger partial charge on any atom is -0.478 e. The Morgan fingerprint density at radius 2 is 2.31 bits per heavy atom. The van der Waals surface area contributed by atoms with Crippen LogP contribution in [0.25, 0.3) is 11.4 Å². The number of pyridine rings is 1. The lowest BCUT2D eigenvalue weighted by Crippen LogP contribution is -1.97. The van der Waals surface area contributed by atoms with Crippen LogP contribution in [0.1, 0.15) is 17.3 Å². The van der Waals surface area contributed by atoms with Crippen LogP contribution in [-0.2, 0) is 6.54 Å². The van der Waals surface area contributed by atoms with Gasteiger partial charge in [-0.1, -0.05) is 6.07 Å². The third-order valence-corrected chi connectivity index (χ3v) is 2.22. The van der Waals surface area contributed by atoms with Crippen LogP contribution >= 0.6 is 0 Å². The van der Waals surface area contributed by atoms with Crippen molar-refractivity contribution in [2.24, 2.45) is 0 Å². The van der Waals surface area contributed by atoms with E-state index in [1.807, 2.05) is 6.92 Å². The van der Waals surface area contributed by atoms with Crippen molar-refractivity contribution in [3.05, 3.63) is 36.2 Å². The summed E-state index contributed by atoms with van der Waals surface area (Å²) in [6.45, 7) is 2.54. The summed E-state index contributed by atoms with van der Waals surface area (Å²) in [5, 5.41) is 13.2. The van der Waals surface area contributed by atoms with E-state index >= 15 is 0 Å². The highest BCUT2D eigenvalue weighted by Crippen LogP contribution is 2.19. The molecule has 0 bridgehead atoms.